The summed E-state index contributed by atoms with van der Waals surface area (Å²) in [6.07, 6.45) is 7.37. The quantitative estimate of drug-likeness (QED) is 0.624. The van der Waals surface area contributed by atoms with Gasteiger partial charge in [0, 0.05) is 23.8 Å². The van der Waals surface area contributed by atoms with Gasteiger partial charge in [0.25, 0.3) is 0 Å². The van der Waals surface area contributed by atoms with Crippen LogP contribution >= 0.6 is 0 Å². The summed E-state index contributed by atoms with van der Waals surface area (Å²) in [5.74, 6) is 3.71. The lowest BCUT2D eigenvalue weighted by molar-refractivity contribution is -0.146. The number of hydrogen-bond donors (Lipinski definition) is 2. The molecule has 1 atom stereocenters. The summed E-state index contributed by atoms with van der Waals surface area (Å²) in [7, 11) is 0. The first-order valence-corrected chi connectivity index (χ1v) is 12.2. The average Bonchev–Trinajstić information content (AvgIpc) is 3.18. The lowest BCUT2D eigenvalue weighted by Gasteiger charge is -2.55. The molecule has 4 saturated carbocycles. The number of hydrogen-bond acceptors (Lipinski definition) is 4. The minimum atomic E-state index is -0.261. The van der Waals surface area contributed by atoms with E-state index in [0.717, 1.165) is 42.4 Å². The maximum atomic E-state index is 13.0. The minimum Gasteiger partial charge on any atom is -0.490 e. The van der Waals surface area contributed by atoms with Gasteiger partial charge in [0.05, 0.1) is 12.6 Å². The highest BCUT2D eigenvalue weighted by molar-refractivity contribution is 5.85. The second kappa shape index (κ2) is 8.45. The van der Waals surface area contributed by atoms with Crippen molar-refractivity contribution < 1.29 is 18.7 Å². The first kappa shape index (κ1) is 21.4. The standard InChI is InChI=1S/C26H34N2O4/c1-3-31-21-6-4-5-20-12-22(32-24(20)21)16(2)28-23(29)7-8-27-25(30)26-13-17-9-18(14-26)11-19(10-17)15-26/h4-6,12,16-19H,3,7-11,13-15H2,1-2H3,(H,27,30)(H,28,29). The Balaban J connectivity index is 1.13. The topological polar surface area (TPSA) is 80.6 Å². The monoisotopic (exact) mass is 438 g/mol. The molecule has 4 bridgehead atoms. The van der Waals surface area contributed by atoms with Gasteiger partial charge in [-0.15, -0.1) is 0 Å². The number of carbonyl (C=O) groups excluding carboxylic acids is 2. The smallest absolute Gasteiger partial charge is 0.226 e. The van der Waals surface area contributed by atoms with Crippen LogP contribution in [0.5, 0.6) is 5.75 Å². The summed E-state index contributed by atoms with van der Waals surface area (Å²) in [4.78, 5) is 25.5. The lowest BCUT2D eigenvalue weighted by atomic mass is 9.49. The number of rotatable bonds is 8. The van der Waals surface area contributed by atoms with Crippen LogP contribution in [-0.2, 0) is 9.59 Å². The molecule has 2 N–H and O–H groups in total. The number of ether oxygens (including phenoxy) is 1. The van der Waals surface area contributed by atoms with Gasteiger partial charge in [0.15, 0.2) is 11.3 Å². The Morgan fingerprint density at radius 3 is 2.50 bits per heavy atom. The van der Waals surface area contributed by atoms with Crippen LogP contribution in [0.1, 0.15) is 70.6 Å². The largest absolute Gasteiger partial charge is 0.490 e. The molecule has 1 aromatic carbocycles. The summed E-state index contributed by atoms with van der Waals surface area (Å²) >= 11 is 0. The number of fused-ring (bicyclic) bond motifs is 1. The molecule has 1 heterocycles. The number of para-hydroxylation sites is 1. The molecule has 1 unspecified atom stereocenters. The van der Waals surface area contributed by atoms with Gasteiger partial charge in [-0.2, -0.15) is 0 Å². The van der Waals surface area contributed by atoms with Gasteiger partial charge in [0.1, 0.15) is 5.76 Å². The predicted octanol–water partition coefficient (Wildman–Crippen LogP) is 4.73. The molecule has 2 amide bonds. The van der Waals surface area contributed by atoms with Crippen molar-refractivity contribution in [2.45, 2.75) is 64.8 Å². The normalized spacial score (nSPS) is 29.1. The molecular formula is C26H34N2O4. The predicted molar refractivity (Wildman–Crippen MR) is 122 cm³/mol. The van der Waals surface area contributed by atoms with Crippen molar-refractivity contribution in [3.05, 3.63) is 30.0 Å². The Morgan fingerprint density at radius 2 is 1.84 bits per heavy atom. The van der Waals surface area contributed by atoms with Gasteiger partial charge in [-0.05, 0) is 82.3 Å². The third-order valence-corrected chi connectivity index (χ3v) is 7.79. The van der Waals surface area contributed by atoms with E-state index in [2.05, 4.69) is 10.6 Å². The van der Waals surface area contributed by atoms with Crippen molar-refractivity contribution in [3.63, 3.8) is 0 Å². The SMILES string of the molecule is CCOc1cccc2cc(C(C)NC(=O)CCNC(=O)C34CC5CC(CC(C5)C3)C4)oc12. The van der Waals surface area contributed by atoms with Crippen LogP contribution < -0.4 is 15.4 Å². The highest BCUT2D eigenvalue weighted by Crippen LogP contribution is 2.60. The Bertz CT molecular complexity index is 975. The van der Waals surface area contributed by atoms with Crippen molar-refractivity contribution in [3.8, 4) is 5.75 Å². The van der Waals surface area contributed by atoms with Crippen LogP contribution in [0, 0.1) is 23.2 Å². The van der Waals surface area contributed by atoms with Crippen molar-refractivity contribution in [2.75, 3.05) is 13.2 Å². The second-order valence-corrected chi connectivity index (χ2v) is 10.2. The molecule has 6 rings (SSSR count). The third kappa shape index (κ3) is 4.00. The van der Waals surface area contributed by atoms with Crippen LogP contribution in [0.2, 0.25) is 0 Å². The van der Waals surface area contributed by atoms with E-state index in [1.54, 1.807) is 0 Å². The van der Waals surface area contributed by atoms with E-state index in [1.807, 2.05) is 38.1 Å². The van der Waals surface area contributed by atoms with Crippen LogP contribution in [0.25, 0.3) is 11.0 Å². The molecule has 172 valence electrons. The van der Waals surface area contributed by atoms with Gasteiger partial charge in [-0.3, -0.25) is 9.59 Å². The highest BCUT2D eigenvalue weighted by atomic mass is 16.5. The van der Waals surface area contributed by atoms with Crippen LogP contribution in [-0.4, -0.2) is 25.0 Å². The van der Waals surface area contributed by atoms with Crippen LogP contribution in [0.3, 0.4) is 0 Å². The maximum Gasteiger partial charge on any atom is 0.226 e. The average molecular weight is 439 g/mol. The van der Waals surface area contributed by atoms with E-state index < -0.39 is 0 Å². The zero-order chi connectivity index (χ0) is 22.3. The fourth-order valence-corrected chi connectivity index (χ4v) is 6.79. The summed E-state index contributed by atoms with van der Waals surface area (Å²) in [5.41, 5.74) is 0.540. The Hall–Kier alpha value is -2.50. The molecule has 6 nitrogen and oxygen atoms in total. The second-order valence-electron chi connectivity index (χ2n) is 10.2. The van der Waals surface area contributed by atoms with Gasteiger partial charge in [0.2, 0.25) is 11.8 Å². The fourth-order valence-electron chi connectivity index (χ4n) is 6.79. The zero-order valence-corrected chi connectivity index (χ0v) is 19.1. The van der Waals surface area contributed by atoms with Crippen molar-refractivity contribution in [2.24, 2.45) is 23.2 Å². The van der Waals surface area contributed by atoms with Crippen molar-refractivity contribution in [1.29, 1.82) is 0 Å². The molecule has 0 saturated heterocycles. The van der Waals surface area contributed by atoms with Gasteiger partial charge in [-0.1, -0.05) is 12.1 Å². The van der Waals surface area contributed by atoms with Gasteiger partial charge in [-0.25, -0.2) is 0 Å². The summed E-state index contributed by atoms with van der Waals surface area (Å²) in [6, 6.07) is 7.47. The lowest BCUT2D eigenvalue weighted by Crippen LogP contribution is -2.53. The third-order valence-electron chi connectivity index (χ3n) is 7.79. The van der Waals surface area contributed by atoms with E-state index in [-0.39, 0.29) is 29.7 Å². The molecule has 2 aromatic rings. The molecule has 4 aliphatic rings. The number of benzene rings is 1. The van der Waals surface area contributed by atoms with Crippen molar-refractivity contribution in [1.82, 2.24) is 10.6 Å². The van der Waals surface area contributed by atoms with Gasteiger partial charge >= 0.3 is 0 Å². The Morgan fingerprint density at radius 1 is 1.16 bits per heavy atom. The molecule has 4 fully saturated rings. The number of furan rings is 1. The minimum absolute atomic E-state index is 0.0891. The van der Waals surface area contributed by atoms with E-state index in [4.69, 9.17) is 9.15 Å². The van der Waals surface area contributed by atoms with Crippen molar-refractivity contribution >= 4 is 22.8 Å². The number of nitrogens with one attached hydrogen (secondary N) is 2. The first-order chi connectivity index (χ1) is 15.5. The Kier molecular flexibility index (Phi) is 5.64. The van der Waals surface area contributed by atoms with E-state index in [9.17, 15) is 9.59 Å². The van der Waals surface area contributed by atoms with E-state index in [0.29, 0.717) is 30.2 Å². The fraction of sp³-hybridized carbons (Fsp3) is 0.615. The molecular weight excluding hydrogens is 404 g/mol. The van der Waals surface area contributed by atoms with Crippen LogP contribution in [0.15, 0.2) is 28.7 Å². The number of amides is 2. The summed E-state index contributed by atoms with van der Waals surface area (Å²) in [5, 5.41) is 7.03. The first-order valence-electron chi connectivity index (χ1n) is 12.2. The Labute approximate surface area is 189 Å². The van der Waals surface area contributed by atoms with E-state index in [1.165, 1.54) is 19.3 Å². The van der Waals surface area contributed by atoms with E-state index >= 15 is 0 Å². The maximum absolute atomic E-state index is 13.0. The zero-order valence-electron chi connectivity index (χ0n) is 19.1. The molecule has 0 aliphatic heterocycles. The summed E-state index contributed by atoms with van der Waals surface area (Å²) in [6.45, 7) is 4.79. The molecule has 0 spiro atoms. The molecule has 32 heavy (non-hydrogen) atoms. The molecule has 0 radical (unpaired) electrons. The van der Waals surface area contributed by atoms with Gasteiger partial charge < -0.3 is 19.8 Å². The molecule has 6 heteroatoms. The molecule has 4 aliphatic carbocycles. The number of carbonyl (C=O) groups is 2. The van der Waals surface area contributed by atoms with Crippen LogP contribution in [0.4, 0.5) is 0 Å². The highest BCUT2D eigenvalue weighted by Gasteiger charge is 2.54. The summed E-state index contributed by atoms with van der Waals surface area (Å²) < 4.78 is 11.6. The molecule has 1 aromatic heterocycles.